The molecule has 4 heteroatoms. The normalized spacial score (nSPS) is 12.2. The summed E-state index contributed by atoms with van der Waals surface area (Å²) in [4.78, 5) is 0. The van der Waals surface area contributed by atoms with E-state index >= 15 is 0 Å². The quantitative estimate of drug-likeness (QED) is 0.919. The fourth-order valence-corrected chi connectivity index (χ4v) is 1.95. The number of aryl methyl sites for hydroxylation is 1. The Hall–Kier alpha value is -1.94. The molecule has 0 radical (unpaired) electrons. The highest BCUT2D eigenvalue weighted by Gasteiger charge is 2.13. The van der Waals surface area contributed by atoms with E-state index in [4.69, 9.17) is 4.74 Å². The molecule has 0 bridgehead atoms. The Bertz CT molecular complexity index is 589. The van der Waals surface area contributed by atoms with Gasteiger partial charge in [-0.15, -0.1) is 0 Å². The van der Waals surface area contributed by atoms with Crippen LogP contribution in [0.25, 0.3) is 0 Å². The smallest absolute Gasteiger partial charge is 0.132 e. The van der Waals surface area contributed by atoms with Crippen LogP contribution in [0.1, 0.15) is 29.7 Å². The van der Waals surface area contributed by atoms with Gasteiger partial charge in [0.15, 0.2) is 0 Å². The van der Waals surface area contributed by atoms with E-state index in [0.29, 0.717) is 11.3 Å². The SMILES string of the molecule is Cc1ccc(OCc2c(F)cccc2F)c(C(C)O)c1. The molecule has 0 aliphatic heterocycles. The van der Waals surface area contributed by atoms with E-state index in [0.717, 1.165) is 5.56 Å². The molecule has 0 heterocycles. The van der Waals surface area contributed by atoms with Gasteiger partial charge in [-0.1, -0.05) is 17.7 Å². The molecule has 0 fully saturated rings. The average Bonchev–Trinajstić information content (AvgIpc) is 2.39. The van der Waals surface area contributed by atoms with Crippen LogP contribution in [-0.4, -0.2) is 5.11 Å². The van der Waals surface area contributed by atoms with Gasteiger partial charge in [-0.25, -0.2) is 8.78 Å². The Morgan fingerprint density at radius 3 is 2.40 bits per heavy atom. The zero-order valence-electron chi connectivity index (χ0n) is 11.4. The van der Waals surface area contributed by atoms with Crippen molar-refractivity contribution < 1.29 is 18.6 Å². The van der Waals surface area contributed by atoms with Gasteiger partial charge in [-0.05, 0) is 38.1 Å². The second-order valence-electron chi connectivity index (χ2n) is 4.71. The first-order valence-corrected chi connectivity index (χ1v) is 6.33. The van der Waals surface area contributed by atoms with E-state index in [1.54, 1.807) is 19.1 Å². The minimum Gasteiger partial charge on any atom is -0.488 e. The van der Waals surface area contributed by atoms with Crippen molar-refractivity contribution in [2.24, 2.45) is 0 Å². The van der Waals surface area contributed by atoms with Crippen LogP contribution in [0.3, 0.4) is 0 Å². The summed E-state index contributed by atoms with van der Waals surface area (Å²) >= 11 is 0. The minimum atomic E-state index is -0.713. The standard InChI is InChI=1S/C16H16F2O2/c1-10-6-7-16(12(8-10)11(2)19)20-9-13-14(17)4-3-5-15(13)18/h3-8,11,19H,9H2,1-2H3. The predicted molar refractivity (Wildman–Crippen MR) is 72.5 cm³/mol. The molecule has 2 nitrogen and oxygen atoms in total. The molecule has 20 heavy (non-hydrogen) atoms. The third-order valence-electron chi connectivity index (χ3n) is 3.05. The molecule has 2 aromatic carbocycles. The van der Waals surface area contributed by atoms with Crippen molar-refractivity contribution in [1.29, 1.82) is 0 Å². The largest absolute Gasteiger partial charge is 0.488 e. The summed E-state index contributed by atoms with van der Waals surface area (Å²) in [5.41, 5.74) is 1.46. The van der Waals surface area contributed by atoms with Crippen molar-refractivity contribution in [3.63, 3.8) is 0 Å². The van der Waals surface area contributed by atoms with Crippen molar-refractivity contribution in [2.45, 2.75) is 26.6 Å². The van der Waals surface area contributed by atoms with Crippen molar-refractivity contribution in [2.75, 3.05) is 0 Å². The summed E-state index contributed by atoms with van der Waals surface area (Å²) in [5, 5.41) is 9.71. The lowest BCUT2D eigenvalue weighted by atomic mass is 10.1. The van der Waals surface area contributed by atoms with E-state index < -0.39 is 17.7 Å². The van der Waals surface area contributed by atoms with Crippen LogP contribution in [-0.2, 0) is 6.61 Å². The molecule has 106 valence electrons. The maximum absolute atomic E-state index is 13.5. The molecule has 0 aliphatic carbocycles. The zero-order valence-corrected chi connectivity index (χ0v) is 11.4. The van der Waals surface area contributed by atoms with Crippen molar-refractivity contribution in [1.82, 2.24) is 0 Å². The maximum Gasteiger partial charge on any atom is 0.132 e. The summed E-state index contributed by atoms with van der Waals surface area (Å²) in [6.45, 7) is 3.29. The number of aliphatic hydroxyl groups excluding tert-OH is 1. The van der Waals surface area contributed by atoms with Crippen LogP contribution in [0.15, 0.2) is 36.4 Å². The lowest BCUT2D eigenvalue weighted by molar-refractivity contribution is 0.189. The molecule has 0 saturated carbocycles. The van der Waals surface area contributed by atoms with Crippen molar-refractivity contribution >= 4 is 0 Å². The van der Waals surface area contributed by atoms with Gasteiger partial charge in [-0.2, -0.15) is 0 Å². The Balaban J connectivity index is 2.23. The van der Waals surface area contributed by atoms with Crippen LogP contribution >= 0.6 is 0 Å². The molecule has 0 aromatic heterocycles. The molecule has 1 atom stereocenters. The number of hydrogen-bond donors (Lipinski definition) is 1. The first-order chi connectivity index (χ1) is 9.49. The molecule has 0 spiro atoms. The lowest BCUT2D eigenvalue weighted by Crippen LogP contribution is -2.04. The highest BCUT2D eigenvalue weighted by atomic mass is 19.1. The van der Waals surface area contributed by atoms with Gasteiger partial charge in [0, 0.05) is 5.56 Å². The summed E-state index contributed by atoms with van der Waals surface area (Å²) in [6.07, 6.45) is -0.713. The van der Waals surface area contributed by atoms with Gasteiger partial charge in [0.1, 0.15) is 24.0 Å². The topological polar surface area (TPSA) is 29.5 Å². The number of hydrogen-bond acceptors (Lipinski definition) is 2. The molecule has 0 amide bonds. The molecule has 2 rings (SSSR count). The van der Waals surface area contributed by atoms with Crippen LogP contribution in [0.2, 0.25) is 0 Å². The second kappa shape index (κ2) is 6.01. The molecule has 0 saturated heterocycles. The highest BCUT2D eigenvalue weighted by molar-refractivity contribution is 5.38. The Morgan fingerprint density at radius 2 is 1.80 bits per heavy atom. The van der Waals surface area contributed by atoms with Gasteiger partial charge >= 0.3 is 0 Å². The number of halogens is 2. The van der Waals surface area contributed by atoms with E-state index in [2.05, 4.69) is 0 Å². The number of aliphatic hydroxyl groups is 1. The van der Waals surface area contributed by atoms with Gasteiger partial charge in [-0.3, -0.25) is 0 Å². The minimum absolute atomic E-state index is 0.121. The van der Waals surface area contributed by atoms with Crippen molar-refractivity contribution in [3.8, 4) is 5.75 Å². The van der Waals surface area contributed by atoms with Crippen LogP contribution < -0.4 is 4.74 Å². The summed E-state index contributed by atoms with van der Waals surface area (Å²) in [6, 6.07) is 8.98. The summed E-state index contributed by atoms with van der Waals surface area (Å²) in [7, 11) is 0. The number of rotatable bonds is 4. The molecule has 2 aromatic rings. The van der Waals surface area contributed by atoms with E-state index in [9.17, 15) is 13.9 Å². The lowest BCUT2D eigenvalue weighted by Gasteiger charge is -2.15. The molecular formula is C16H16F2O2. The van der Waals surface area contributed by atoms with Gasteiger partial charge in [0.25, 0.3) is 0 Å². The Morgan fingerprint density at radius 1 is 1.15 bits per heavy atom. The zero-order chi connectivity index (χ0) is 14.7. The van der Waals surface area contributed by atoms with E-state index in [-0.39, 0.29) is 12.2 Å². The average molecular weight is 278 g/mol. The summed E-state index contributed by atoms with van der Waals surface area (Å²) < 4.78 is 32.5. The van der Waals surface area contributed by atoms with E-state index in [1.165, 1.54) is 18.2 Å². The van der Waals surface area contributed by atoms with Crippen LogP contribution in [0, 0.1) is 18.6 Å². The second-order valence-corrected chi connectivity index (χ2v) is 4.71. The van der Waals surface area contributed by atoms with Crippen LogP contribution in [0.4, 0.5) is 8.78 Å². The molecular weight excluding hydrogens is 262 g/mol. The molecule has 0 aliphatic rings. The first-order valence-electron chi connectivity index (χ1n) is 6.33. The Kier molecular flexibility index (Phi) is 4.35. The van der Waals surface area contributed by atoms with Gasteiger partial charge in [0.2, 0.25) is 0 Å². The predicted octanol–water partition coefficient (Wildman–Crippen LogP) is 3.91. The fourth-order valence-electron chi connectivity index (χ4n) is 1.95. The number of ether oxygens (including phenoxy) is 1. The highest BCUT2D eigenvalue weighted by Crippen LogP contribution is 2.27. The molecule has 1 unspecified atom stereocenters. The third-order valence-corrected chi connectivity index (χ3v) is 3.05. The number of benzene rings is 2. The van der Waals surface area contributed by atoms with Crippen LogP contribution in [0.5, 0.6) is 5.75 Å². The first kappa shape index (κ1) is 14.5. The Labute approximate surface area is 116 Å². The van der Waals surface area contributed by atoms with Gasteiger partial charge in [0.05, 0.1) is 11.7 Å². The monoisotopic (exact) mass is 278 g/mol. The maximum atomic E-state index is 13.5. The summed E-state index contributed by atoms with van der Waals surface area (Å²) in [5.74, 6) is -0.861. The van der Waals surface area contributed by atoms with E-state index in [1.807, 2.05) is 13.0 Å². The van der Waals surface area contributed by atoms with Gasteiger partial charge < -0.3 is 9.84 Å². The fraction of sp³-hybridized carbons (Fsp3) is 0.250. The van der Waals surface area contributed by atoms with Crippen molar-refractivity contribution in [3.05, 3.63) is 64.7 Å². The third kappa shape index (κ3) is 3.14. The molecule has 1 N–H and O–H groups in total.